The van der Waals surface area contributed by atoms with Gasteiger partial charge >= 0.3 is 0 Å². The van der Waals surface area contributed by atoms with E-state index in [1.165, 1.54) is 12.3 Å². The second-order valence-electron chi connectivity index (χ2n) is 3.03. The lowest BCUT2D eigenvalue weighted by atomic mass is 10.4. The first-order valence-electron chi connectivity index (χ1n) is 4.91. The first-order valence-corrected chi connectivity index (χ1v) is 6.06. The molecule has 2 N–H and O–H groups in total. The van der Waals surface area contributed by atoms with E-state index in [9.17, 15) is 0 Å². The summed E-state index contributed by atoms with van der Waals surface area (Å²) >= 11 is 1.92. The molecule has 0 spiro atoms. The number of hydrogen-bond donors (Lipinski definition) is 1. The molecule has 3 heteroatoms. The second-order valence-corrected chi connectivity index (χ2v) is 4.14. The average Bonchev–Trinajstić information content (AvgIpc) is 2.18. The Morgan fingerprint density at radius 1 is 1.38 bits per heavy atom. The van der Waals surface area contributed by atoms with Crippen LogP contribution >= 0.6 is 11.8 Å². The minimum Gasteiger partial charge on any atom is -0.327 e. The minimum atomic E-state index is 0.623. The van der Waals surface area contributed by atoms with Crippen molar-refractivity contribution in [3.05, 3.63) is 12.2 Å². The summed E-state index contributed by atoms with van der Waals surface area (Å²) in [5.74, 6) is 2.19. The molecule has 0 atom stereocenters. The van der Waals surface area contributed by atoms with Gasteiger partial charge in [0.25, 0.3) is 0 Å². The van der Waals surface area contributed by atoms with Crippen molar-refractivity contribution in [3.8, 4) is 0 Å². The van der Waals surface area contributed by atoms with E-state index < -0.39 is 0 Å². The zero-order chi connectivity index (χ0) is 10.1. The van der Waals surface area contributed by atoms with Crippen molar-refractivity contribution in [2.45, 2.75) is 13.8 Å². The summed E-state index contributed by atoms with van der Waals surface area (Å²) in [5, 5.41) is 0. The molecular weight excluding hydrogens is 180 g/mol. The largest absolute Gasteiger partial charge is 0.327 e. The van der Waals surface area contributed by atoms with Crippen LogP contribution in [-0.2, 0) is 0 Å². The summed E-state index contributed by atoms with van der Waals surface area (Å²) in [7, 11) is 0. The van der Waals surface area contributed by atoms with Gasteiger partial charge in [0, 0.05) is 24.6 Å². The number of thioether (sulfide) groups is 1. The van der Waals surface area contributed by atoms with E-state index in [1.54, 1.807) is 0 Å². The monoisotopic (exact) mass is 202 g/mol. The molecule has 0 bridgehead atoms. The van der Waals surface area contributed by atoms with Crippen molar-refractivity contribution in [1.82, 2.24) is 4.90 Å². The zero-order valence-electron chi connectivity index (χ0n) is 8.88. The van der Waals surface area contributed by atoms with Gasteiger partial charge in [-0.2, -0.15) is 11.8 Å². The predicted molar refractivity (Wildman–Crippen MR) is 63.3 cm³/mol. The van der Waals surface area contributed by atoms with Crippen LogP contribution in [0.5, 0.6) is 0 Å². The molecule has 0 aromatic heterocycles. The highest BCUT2D eigenvalue weighted by atomic mass is 32.2. The maximum Gasteiger partial charge on any atom is 0.0153 e. The molecule has 0 aromatic carbocycles. The maximum atomic E-state index is 5.44. The number of nitrogens with zero attached hydrogens (tertiary/aromatic N) is 1. The van der Waals surface area contributed by atoms with Gasteiger partial charge in [-0.1, -0.05) is 26.0 Å². The minimum absolute atomic E-state index is 0.623. The van der Waals surface area contributed by atoms with Crippen LogP contribution < -0.4 is 5.73 Å². The number of rotatable bonds is 8. The van der Waals surface area contributed by atoms with Crippen molar-refractivity contribution < 1.29 is 0 Å². The summed E-state index contributed by atoms with van der Waals surface area (Å²) in [6, 6.07) is 0. The van der Waals surface area contributed by atoms with E-state index in [0.29, 0.717) is 6.54 Å². The highest BCUT2D eigenvalue weighted by Gasteiger charge is 1.98. The van der Waals surface area contributed by atoms with Crippen LogP contribution in [0.4, 0.5) is 0 Å². The molecule has 0 amide bonds. The first-order chi connectivity index (χ1) is 6.24. The molecule has 0 heterocycles. The Kier molecular flexibility index (Phi) is 8.61. The summed E-state index contributed by atoms with van der Waals surface area (Å²) in [4.78, 5) is 2.43. The maximum absolute atomic E-state index is 5.44. The standard InChI is InChI=1S/C10H22N2S/c1-4-12(5-2)6-7-13-9-10(3)8-11/h3-9,11H2,1-2H3. The van der Waals surface area contributed by atoms with Gasteiger partial charge in [-0.05, 0) is 13.1 Å². The molecular formula is C10H22N2S. The Hall–Kier alpha value is 0.01000. The van der Waals surface area contributed by atoms with Crippen LogP contribution in [0.15, 0.2) is 12.2 Å². The molecule has 2 nitrogen and oxygen atoms in total. The Balaban J connectivity index is 3.28. The van der Waals surface area contributed by atoms with Crippen LogP contribution in [0, 0.1) is 0 Å². The van der Waals surface area contributed by atoms with Crippen LogP contribution in [0.1, 0.15) is 13.8 Å². The Morgan fingerprint density at radius 3 is 2.46 bits per heavy atom. The van der Waals surface area contributed by atoms with Gasteiger partial charge in [0.2, 0.25) is 0 Å². The SMILES string of the molecule is C=C(CN)CSCCN(CC)CC. The van der Waals surface area contributed by atoms with Crippen LogP contribution in [0.25, 0.3) is 0 Å². The summed E-state index contributed by atoms with van der Waals surface area (Å²) in [5.41, 5.74) is 6.59. The third-order valence-electron chi connectivity index (χ3n) is 2.04. The Bertz CT molecular complexity index is 133. The Labute approximate surface area is 86.6 Å². The molecule has 0 radical (unpaired) electrons. The first kappa shape index (κ1) is 13.0. The zero-order valence-corrected chi connectivity index (χ0v) is 9.70. The third-order valence-corrected chi connectivity index (χ3v) is 3.12. The van der Waals surface area contributed by atoms with Crippen molar-refractivity contribution in [2.75, 3.05) is 37.7 Å². The molecule has 0 saturated carbocycles. The molecule has 0 fully saturated rings. The molecule has 0 rings (SSSR count). The van der Waals surface area contributed by atoms with Crippen molar-refractivity contribution in [2.24, 2.45) is 5.73 Å². The lowest BCUT2D eigenvalue weighted by molar-refractivity contribution is 0.324. The van der Waals surface area contributed by atoms with Crippen LogP contribution in [0.2, 0.25) is 0 Å². The average molecular weight is 202 g/mol. The molecule has 0 aliphatic heterocycles. The normalized spacial score (nSPS) is 10.8. The van der Waals surface area contributed by atoms with E-state index >= 15 is 0 Å². The molecule has 0 aliphatic carbocycles. The topological polar surface area (TPSA) is 29.3 Å². The summed E-state index contributed by atoms with van der Waals surface area (Å²) in [6.07, 6.45) is 0. The van der Waals surface area contributed by atoms with Gasteiger partial charge in [0.1, 0.15) is 0 Å². The molecule has 0 saturated heterocycles. The molecule has 0 unspecified atom stereocenters. The predicted octanol–water partition coefficient (Wildman–Crippen LogP) is 1.58. The second kappa shape index (κ2) is 8.60. The van der Waals surface area contributed by atoms with Gasteiger partial charge in [-0.3, -0.25) is 0 Å². The van der Waals surface area contributed by atoms with Gasteiger partial charge < -0.3 is 10.6 Å². The van der Waals surface area contributed by atoms with E-state index in [0.717, 1.165) is 24.4 Å². The molecule has 78 valence electrons. The van der Waals surface area contributed by atoms with Gasteiger partial charge in [-0.15, -0.1) is 0 Å². The number of hydrogen-bond acceptors (Lipinski definition) is 3. The summed E-state index contributed by atoms with van der Waals surface area (Å²) < 4.78 is 0. The Morgan fingerprint density at radius 2 is 2.00 bits per heavy atom. The fraction of sp³-hybridized carbons (Fsp3) is 0.800. The van der Waals surface area contributed by atoms with Gasteiger partial charge in [0.15, 0.2) is 0 Å². The van der Waals surface area contributed by atoms with Crippen LogP contribution in [-0.4, -0.2) is 42.6 Å². The van der Waals surface area contributed by atoms with Crippen LogP contribution in [0.3, 0.4) is 0 Å². The number of nitrogens with two attached hydrogens (primary N) is 1. The molecule has 0 aliphatic rings. The highest BCUT2D eigenvalue weighted by Crippen LogP contribution is 2.05. The van der Waals surface area contributed by atoms with E-state index in [2.05, 4.69) is 25.3 Å². The van der Waals surface area contributed by atoms with Gasteiger partial charge in [0.05, 0.1) is 0 Å². The highest BCUT2D eigenvalue weighted by molar-refractivity contribution is 7.99. The van der Waals surface area contributed by atoms with Crippen molar-refractivity contribution >= 4 is 11.8 Å². The van der Waals surface area contributed by atoms with Crippen molar-refractivity contribution in [1.29, 1.82) is 0 Å². The lowest BCUT2D eigenvalue weighted by Gasteiger charge is -2.17. The fourth-order valence-corrected chi connectivity index (χ4v) is 1.95. The molecule has 13 heavy (non-hydrogen) atoms. The third kappa shape index (κ3) is 7.11. The van der Waals surface area contributed by atoms with Crippen molar-refractivity contribution in [3.63, 3.8) is 0 Å². The lowest BCUT2D eigenvalue weighted by Crippen LogP contribution is -2.25. The molecule has 0 aromatic rings. The fourth-order valence-electron chi connectivity index (χ4n) is 1.01. The van der Waals surface area contributed by atoms with Gasteiger partial charge in [-0.25, -0.2) is 0 Å². The quantitative estimate of drug-likeness (QED) is 0.478. The smallest absolute Gasteiger partial charge is 0.0153 e. The van der Waals surface area contributed by atoms with E-state index in [4.69, 9.17) is 5.73 Å². The van der Waals surface area contributed by atoms with E-state index in [1.807, 2.05) is 11.8 Å². The van der Waals surface area contributed by atoms with E-state index in [-0.39, 0.29) is 0 Å². The summed E-state index contributed by atoms with van der Waals surface area (Å²) in [6.45, 7) is 12.4.